The average Bonchev–Trinajstić information content (AvgIpc) is 3.25. The molecule has 6 heteroatoms. The minimum atomic E-state index is -0.492. The molecule has 1 aliphatic rings. The number of imidazole rings is 1. The van der Waals surface area contributed by atoms with Crippen molar-refractivity contribution in [1.29, 1.82) is 5.26 Å². The minimum Gasteiger partial charge on any atom is -0.313 e. The van der Waals surface area contributed by atoms with E-state index in [9.17, 15) is 9.59 Å². The van der Waals surface area contributed by atoms with Crippen LogP contribution in [0.5, 0.6) is 0 Å². The minimum absolute atomic E-state index is 0.291. The maximum atomic E-state index is 12.7. The lowest BCUT2D eigenvalue weighted by Crippen LogP contribution is -2.36. The molecule has 0 N–H and O–H groups in total. The summed E-state index contributed by atoms with van der Waals surface area (Å²) >= 11 is 0. The SMILES string of the molecule is CC(N1C(=O)c2ccccc2C1=O)n1cncc1Cc1ccc(C#N)cc1. The molecule has 4 rings (SSSR count). The molecule has 1 aliphatic heterocycles. The second-order valence-electron chi connectivity index (χ2n) is 6.44. The lowest BCUT2D eigenvalue weighted by Gasteiger charge is -2.25. The van der Waals surface area contributed by atoms with Gasteiger partial charge >= 0.3 is 0 Å². The second kappa shape index (κ2) is 6.54. The van der Waals surface area contributed by atoms with E-state index in [0.717, 1.165) is 11.3 Å². The molecule has 27 heavy (non-hydrogen) atoms. The largest absolute Gasteiger partial charge is 0.313 e. The fourth-order valence-electron chi connectivity index (χ4n) is 3.38. The first-order valence-electron chi connectivity index (χ1n) is 8.57. The van der Waals surface area contributed by atoms with E-state index in [2.05, 4.69) is 11.1 Å². The van der Waals surface area contributed by atoms with Gasteiger partial charge in [0.05, 0.1) is 29.1 Å². The van der Waals surface area contributed by atoms with Gasteiger partial charge in [0, 0.05) is 18.3 Å². The number of amides is 2. The number of imide groups is 1. The van der Waals surface area contributed by atoms with Gasteiger partial charge in [-0.15, -0.1) is 0 Å². The Balaban J connectivity index is 1.62. The Morgan fingerprint density at radius 3 is 2.26 bits per heavy atom. The molecular formula is C21H16N4O2. The van der Waals surface area contributed by atoms with Crippen LogP contribution in [0.25, 0.3) is 0 Å². The Kier molecular flexibility index (Phi) is 4.05. The third kappa shape index (κ3) is 2.79. The van der Waals surface area contributed by atoms with Crippen molar-refractivity contribution in [2.75, 3.05) is 0 Å². The summed E-state index contributed by atoms with van der Waals surface area (Å²) in [7, 11) is 0. The maximum absolute atomic E-state index is 12.7. The molecule has 132 valence electrons. The van der Waals surface area contributed by atoms with E-state index >= 15 is 0 Å². The zero-order valence-corrected chi connectivity index (χ0v) is 14.7. The van der Waals surface area contributed by atoms with Gasteiger partial charge in [-0.2, -0.15) is 5.26 Å². The maximum Gasteiger partial charge on any atom is 0.263 e. The van der Waals surface area contributed by atoms with Crippen molar-refractivity contribution in [2.45, 2.75) is 19.5 Å². The summed E-state index contributed by atoms with van der Waals surface area (Å²) in [6.45, 7) is 1.81. The van der Waals surface area contributed by atoms with Crippen LogP contribution in [0, 0.1) is 11.3 Å². The van der Waals surface area contributed by atoms with Gasteiger partial charge < -0.3 is 4.57 Å². The first kappa shape index (κ1) is 16.7. The van der Waals surface area contributed by atoms with Gasteiger partial charge in [-0.05, 0) is 36.8 Å². The fourth-order valence-corrected chi connectivity index (χ4v) is 3.38. The first-order chi connectivity index (χ1) is 13.1. The molecule has 2 heterocycles. The van der Waals surface area contributed by atoms with Crippen molar-refractivity contribution in [2.24, 2.45) is 0 Å². The fraction of sp³-hybridized carbons (Fsp3) is 0.143. The van der Waals surface area contributed by atoms with E-state index in [1.54, 1.807) is 48.9 Å². The number of aromatic nitrogens is 2. The Hall–Kier alpha value is -3.72. The number of carbonyl (C=O) groups is 2. The van der Waals surface area contributed by atoms with Crippen molar-refractivity contribution < 1.29 is 9.59 Å². The number of hydrogen-bond donors (Lipinski definition) is 0. The van der Waals surface area contributed by atoms with Crippen LogP contribution < -0.4 is 0 Å². The Labute approximate surface area is 156 Å². The van der Waals surface area contributed by atoms with Crippen molar-refractivity contribution in [3.05, 3.63) is 89.0 Å². The summed E-state index contributed by atoms with van der Waals surface area (Å²) < 4.78 is 1.83. The standard InChI is InChI=1S/C21H16N4O2/c1-14(25-20(26)18-4-2-3-5-19(18)21(25)27)24-13-23-12-17(24)10-15-6-8-16(11-22)9-7-15/h2-9,12-14H,10H2,1H3. The highest BCUT2D eigenvalue weighted by atomic mass is 16.2. The quantitative estimate of drug-likeness (QED) is 0.673. The first-order valence-corrected chi connectivity index (χ1v) is 8.57. The Morgan fingerprint density at radius 1 is 1.04 bits per heavy atom. The van der Waals surface area contributed by atoms with E-state index in [1.165, 1.54) is 4.90 Å². The van der Waals surface area contributed by atoms with Crippen molar-refractivity contribution in [3.63, 3.8) is 0 Å². The molecule has 6 nitrogen and oxygen atoms in total. The molecule has 2 amide bonds. The molecule has 1 aromatic heterocycles. The number of nitriles is 1. The molecule has 1 unspecified atom stereocenters. The number of carbonyl (C=O) groups excluding carboxylic acids is 2. The van der Waals surface area contributed by atoms with Crippen molar-refractivity contribution in [1.82, 2.24) is 14.5 Å². The van der Waals surface area contributed by atoms with Crippen LogP contribution in [0.4, 0.5) is 0 Å². The highest BCUT2D eigenvalue weighted by Crippen LogP contribution is 2.29. The summed E-state index contributed by atoms with van der Waals surface area (Å²) in [5.74, 6) is -0.581. The topological polar surface area (TPSA) is 79.0 Å². The zero-order chi connectivity index (χ0) is 19.0. The van der Waals surface area contributed by atoms with E-state index in [4.69, 9.17) is 5.26 Å². The molecule has 0 aliphatic carbocycles. The molecule has 0 fully saturated rings. The molecule has 3 aromatic rings. The molecule has 0 saturated carbocycles. The number of rotatable bonds is 4. The smallest absolute Gasteiger partial charge is 0.263 e. The highest BCUT2D eigenvalue weighted by molar-refractivity contribution is 6.21. The van der Waals surface area contributed by atoms with Gasteiger partial charge in [0.1, 0.15) is 6.17 Å². The number of nitrogens with zero attached hydrogens (tertiary/aromatic N) is 4. The van der Waals surface area contributed by atoms with Crippen LogP contribution in [0.1, 0.15) is 50.6 Å². The Morgan fingerprint density at radius 2 is 1.67 bits per heavy atom. The average molecular weight is 356 g/mol. The third-order valence-corrected chi connectivity index (χ3v) is 4.82. The summed E-state index contributed by atoms with van der Waals surface area (Å²) in [4.78, 5) is 30.9. The lowest BCUT2D eigenvalue weighted by molar-refractivity contribution is 0.0532. The molecular weight excluding hydrogens is 340 g/mol. The summed E-state index contributed by atoms with van der Waals surface area (Å²) in [6.07, 6.45) is 3.45. The predicted octanol–water partition coefficient (Wildman–Crippen LogP) is 3.16. The van der Waals surface area contributed by atoms with Gasteiger partial charge in [-0.3, -0.25) is 14.5 Å². The predicted molar refractivity (Wildman–Crippen MR) is 97.8 cm³/mol. The Bertz CT molecular complexity index is 1040. The molecule has 1 atom stereocenters. The van der Waals surface area contributed by atoms with E-state index in [1.807, 2.05) is 23.6 Å². The van der Waals surface area contributed by atoms with Crippen LogP contribution in [-0.4, -0.2) is 26.3 Å². The van der Waals surface area contributed by atoms with E-state index in [-0.39, 0.29) is 11.8 Å². The van der Waals surface area contributed by atoms with Gasteiger partial charge in [-0.25, -0.2) is 4.98 Å². The van der Waals surface area contributed by atoms with Crippen LogP contribution in [0.3, 0.4) is 0 Å². The third-order valence-electron chi connectivity index (χ3n) is 4.82. The van der Waals surface area contributed by atoms with Crippen LogP contribution in [0.15, 0.2) is 61.1 Å². The summed E-state index contributed by atoms with van der Waals surface area (Å²) in [5, 5.41) is 8.91. The van der Waals surface area contributed by atoms with Crippen LogP contribution in [0.2, 0.25) is 0 Å². The monoisotopic (exact) mass is 356 g/mol. The zero-order valence-electron chi connectivity index (χ0n) is 14.7. The molecule has 2 aromatic carbocycles. The molecule has 0 radical (unpaired) electrons. The second-order valence-corrected chi connectivity index (χ2v) is 6.44. The van der Waals surface area contributed by atoms with Crippen molar-refractivity contribution >= 4 is 11.8 Å². The summed E-state index contributed by atoms with van der Waals surface area (Å²) in [6, 6.07) is 16.3. The van der Waals surface area contributed by atoms with Gasteiger partial charge in [0.25, 0.3) is 11.8 Å². The van der Waals surface area contributed by atoms with Crippen molar-refractivity contribution in [3.8, 4) is 6.07 Å². The van der Waals surface area contributed by atoms with Crippen LogP contribution >= 0.6 is 0 Å². The molecule has 0 saturated heterocycles. The summed E-state index contributed by atoms with van der Waals surface area (Å²) in [5.41, 5.74) is 3.37. The number of benzene rings is 2. The highest BCUT2D eigenvalue weighted by Gasteiger charge is 2.39. The molecule has 0 spiro atoms. The van der Waals surface area contributed by atoms with E-state index in [0.29, 0.717) is 23.1 Å². The normalized spacial score (nSPS) is 14.1. The van der Waals surface area contributed by atoms with Gasteiger partial charge in [-0.1, -0.05) is 24.3 Å². The number of fused-ring (bicyclic) bond motifs is 1. The number of hydrogen-bond acceptors (Lipinski definition) is 4. The van der Waals surface area contributed by atoms with Crippen LogP contribution in [-0.2, 0) is 6.42 Å². The molecule has 0 bridgehead atoms. The van der Waals surface area contributed by atoms with Gasteiger partial charge in [0.15, 0.2) is 0 Å². The lowest BCUT2D eigenvalue weighted by atomic mass is 10.1. The van der Waals surface area contributed by atoms with E-state index < -0.39 is 6.17 Å². The van der Waals surface area contributed by atoms with Gasteiger partial charge in [0.2, 0.25) is 0 Å².